The molecule has 8 nitrogen and oxygen atoms in total. The molecule has 0 saturated carbocycles. The first-order valence-electron chi connectivity index (χ1n) is 9.69. The van der Waals surface area contributed by atoms with Gasteiger partial charge in [0.1, 0.15) is 18.1 Å². The van der Waals surface area contributed by atoms with Crippen LogP contribution in [0, 0.1) is 6.92 Å². The first kappa shape index (κ1) is 20.2. The summed E-state index contributed by atoms with van der Waals surface area (Å²) in [5, 5.41) is 7.73. The molecule has 1 heterocycles. The van der Waals surface area contributed by atoms with E-state index in [1.165, 1.54) is 4.68 Å². The molecule has 1 aromatic heterocycles. The molecule has 0 saturated heterocycles. The molecule has 0 radical (unpaired) electrons. The summed E-state index contributed by atoms with van der Waals surface area (Å²) in [5.41, 5.74) is 1.86. The second-order valence-corrected chi connectivity index (χ2v) is 6.86. The molecule has 4 rings (SSSR count). The van der Waals surface area contributed by atoms with Crippen LogP contribution in [-0.2, 0) is 13.7 Å². The van der Waals surface area contributed by atoms with Crippen LogP contribution in [0.4, 0.5) is 0 Å². The van der Waals surface area contributed by atoms with Crippen molar-refractivity contribution in [1.82, 2.24) is 19.8 Å². The van der Waals surface area contributed by atoms with Crippen LogP contribution >= 0.6 is 0 Å². The van der Waals surface area contributed by atoms with Gasteiger partial charge in [-0.05, 0) is 53.2 Å². The third kappa shape index (κ3) is 4.13. The van der Waals surface area contributed by atoms with Crippen LogP contribution in [0.5, 0.6) is 23.0 Å². The van der Waals surface area contributed by atoms with Crippen molar-refractivity contribution in [1.29, 1.82) is 0 Å². The Balaban J connectivity index is 1.66. The molecule has 0 aliphatic rings. The van der Waals surface area contributed by atoms with E-state index >= 15 is 0 Å². The van der Waals surface area contributed by atoms with Crippen molar-refractivity contribution < 1.29 is 14.2 Å². The van der Waals surface area contributed by atoms with Gasteiger partial charge in [0.2, 0.25) is 0 Å². The van der Waals surface area contributed by atoms with Crippen LogP contribution < -0.4 is 19.9 Å². The lowest BCUT2D eigenvalue weighted by atomic mass is 10.1. The van der Waals surface area contributed by atoms with Crippen molar-refractivity contribution >= 4 is 0 Å². The van der Waals surface area contributed by atoms with Crippen LogP contribution in [0.15, 0.2) is 71.5 Å². The second kappa shape index (κ2) is 8.74. The number of aryl methyl sites for hydroxylation is 2. The number of nitrogens with zero attached hydrogens (tertiary/aromatic N) is 4. The summed E-state index contributed by atoms with van der Waals surface area (Å²) >= 11 is 0. The molecule has 0 bridgehead atoms. The Kier molecular flexibility index (Phi) is 5.70. The van der Waals surface area contributed by atoms with E-state index in [1.807, 2.05) is 55.5 Å². The molecular weight excluding hydrogens is 396 g/mol. The summed E-state index contributed by atoms with van der Waals surface area (Å²) in [7, 11) is 3.11. The van der Waals surface area contributed by atoms with Crippen LogP contribution in [0.3, 0.4) is 0 Å². The molecule has 0 spiro atoms. The Bertz CT molecular complexity index is 1260. The number of methoxy groups -OCH3 is 1. The smallest absolute Gasteiger partial charge is 0.368 e. The Hall–Kier alpha value is -4.07. The van der Waals surface area contributed by atoms with Gasteiger partial charge in [-0.25, -0.2) is 4.79 Å². The maximum absolute atomic E-state index is 12.4. The van der Waals surface area contributed by atoms with E-state index in [0.717, 1.165) is 16.0 Å². The Morgan fingerprint density at radius 3 is 2.19 bits per heavy atom. The third-order valence-corrected chi connectivity index (χ3v) is 4.81. The summed E-state index contributed by atoms with van der Waals surface area (Å²) in [6.45, 7) is 2.12. The average molecular weight is 418 g/mol. The van der Waals surface area contributed by atoms with Crippen molar-refractivity contribution in [3.8, 4) is 28.7 Å². The highest BCUT2D eigenvalue weighted by Gasteiger charge is 2.17. The van der Waals surface area contributed by atoms with E-state index in [4.69, 9.17) is 14.2 Å². The molecule has 0 amide bonds. The van der Waals surface area contributed by atoms with Crippen molar-refractivity contribution in [3.05, 3.63) is 88.3 Å². The number of para-hydroxylation sites is 3. The number of ether oxygens (including phenoxy) is 3. The number of hydrogen-bond acceptors (Lipinski definition) is 6. The fourth-order valence-electron chi connectivity index (χ4n) is 3.15. The number of benzene rings is 3. The van der Waals surface area contributed by atoms with Gasteiger partial charge >= 0.3 is 5.69 Å². The lowest BCUT2D eigenvalue weighted by molar-refractivity contribution is 0.283. The lowest BCUT2D eigenvalue weighted by Gasteiger charge is -2.16. The normalized spacial score (nSPS) is 10.7. The van der Waals surface area contributed by atoms with Gasteiger partial charge < -0.3 is 14.2 Å². The molecule has 0 aliphatic heterocycles. The predicted molar refractivity (Wildman–Crippen MR) is 115 cm³/mol. The SMILES string of the molecule is COc1cccc(-n2nnn(C)c2=O)c1COc1ccccc1Oc1ccccc1C. The van der Waals surface area contributed by atoms with E-state index in [9.17, 15) is 4.79 Å². The summed E-state index contributed by atoms with van der Waals surface area (Å²) in [5.74, 6) is 2.48. The highest BCUT2D eigenvalue weighted by Crippen LogP contribution is 2.34. The maximum atomic E-state index is 12.4. The largest absolute Gasteiger partial charge is 0.496 e. The standard InChI is InChI=1S/C23H22N4O4/c1-16-9-4-5-11-19(16)31-22-13-7-6-12-21(22)30-15-17-18(10-8-14-20(17)29-3)27-23(28)26(2)24-25-27/h4-14H,15H2,1-3H3. The molecule has 4 aromatic rings. The summed E-state index contributed by atoms with van der Waals surface area (Å²) in [6.07, 6.45) is 0. The zero-order chi connectivity index (χ0) is 21.8. The molecule has 8 heteroatoms. The summed E-state index contributed by atoms with van der Waals surface area (Å²) < 4.78 is 20.1. The first-order chi connectivity index (χ1) is 15.1. The zero-order valence-electron chi connectivity index (χ0n) is 17.5. The Labute approximate surface area is 179 Å². The molecule has 0 aliphatic carbocycles. The van der Waals surface area contributed by atoms with Crippen LogP contribution in [0.25, 0.3) is 5.69 Å². The molecule has 158 valence electrons. The third-order valence-electron chi connectivity index (χ3n) is 4.81. The second-order valence-electron chi connectivity index (χ2n) is 6.86. The highest BCUT2D eigenvalue weighted by atomic mass is 16.5. The van der Waals surface area contributed by atoms with Crippen LogP contribution in [0.2, 0.25) is 0 Å². The first-order valence-corrected chi connectivity index (χ1v) is 9.69. The summed E-state index contributed by atoms with van der Waals surface area (Å²) in [6, 6.07) is 20.6. The topological polar surface area (TPSA) is 80.4 Å². The highest BCUT2D eigenvalue weighted by molar-refractivity contribution is 5.50. The van der Waals surface area contributed by atoms with Crippen molar-refractivity contribution in [2.24, 2.45) is 7.05 Å². The van der Waals surface area contributed by atoms with Crippen molar-refractivity contribution in [2.45, 2.75) is 13.5 Å². The van der Waals surface area contributed by atoms with Gasteiger partial charge in [0.25, 0.3) is 0 Å². The van der Waals surface area contributed by atoms with Gasteiger partial charge in [-0.2, -0.15) is 9.36 Å². The molecular formula is C23H22N4O4. The van der Waals surface area contributed by atoms with Gasteiger partial charge in [0.05, 0.1) is 18.4 Å². The van der Waals surface area contributed by atoms with Crippen LogP contribution in [-0.4, -0.2) is 26.9 Å². The molecule has 0 atom stereocenters. The fraction of sp³-hybridized carbons (Fsp3) is 0.174. The Morgan fingerprint density at radius 1 is 0.839 bits per heavy atom. The van der Waals surface area contributed by atoms with Crippen LogP contribution in [0.1, 0.15) is 11.1 Å². The minimum atomic E-state index is -0.363. The molecule has 31 heavy (non-hydrogen) atoms. The number of aromatic nitrogens is 4. The van der Waals surface area contributed by atoms with Gasteiger partial charge in [-0.15, -0.1) is 0 Å². The Morgan fingerprint density at radius 2 is 1.52 bits per heavy atom. The number of tetrazole rings is 1. The predicted octanol–water partition coefficient (Wildman–Crippen LogP) is 3.65. The monoisotopic (exact) mass is 418 g/mol. The van der Waals surface area contributed by atoms with Gasteiger partial charge in [-0.1, -0.05) is 36.4 Å². The van der Waals surface area contributed by atoms with Gasteiger partial charge in [-0.3, -0.25) is 0 Å². The zero-order valence-corrected chi connectivity index (χ0v) is 17.5. The molecule has 0 N–H and O–H groups in total. The van der Waals surface area contributed by atoms with E-state index in [2.05, 4.69) is 10.4 Å². The van der Waals surface area contributed by atoms with E-state index < -0.39 is 0 Å². The van der Waals surface area contributed by atoms with Gasteiger partial charge in [0, 0.05) is 7.05 Å². The number of rotatable bonds is 7. The number of hydrogen-bond donors (Lipinski definition) is 0. The lowest BCUT2D eigenvalue weighted by Crippen LogP contribution is -2.23. The van der Waals surface area contributed by atoms with E-state index in [0.29, 0.717) is 28.5 Å². The van der Waals surface area contributed by atoms with E-state index in [1.54, 1.807) is 32.4 Å². The summed E-state index contributed by atoms with van der Waals surface area (Å²) in [4.78, 5) is 12.4. The maximum Gasteiger partial charge on any atom is 0.368 e. The molecule has 0 fully saturated rings. The van der Waals surface area contributed by atoms with Crippen molar-refractivity contribution in [3.63, 3.8) is 0 Å². The molecule has 0 unspecified atom stereocenters. The quantitative estimate of drug-likeness (QED) is 0.456. The van der Waals surface area contributed by atoms with Crippen molar-refractivity contribution in [2.75, 3.05) is 7.11 Å². The molecule has 3 aromatic carbocycles. The fourth-order valence-corrected chi connectivity index (χ4v) is 3.15. The van der Waals surface area contributed by atoms with Gasteiger partial charge in [0.15, 0.2) is 11.5 Å². The average Bonchev–Trinajstić information content (AvgIpc) is 3.12. The van der Waals surface area contributed by atoms with E-state index in [-0.39, 0.29) is 12.3 Å². The minimum absolute atomic E-state index is 0.135. The minimum Gasteiger partial charge on any atom is -0.496 e.